The smallest absolute Gasteiger partial charge is 0.226 e. The first-order chi connectivity index (χ1) is 11.2. The summed E-state index contributed by atoms with van der Waals surface area (Å²) in [6.07, 6.45) is 2.81. The number of nitrogens with zero attached hydrogens (tertiary/aromatic N) is 4. The molecule has 0 aliphatic carbocycles. The first-order valence-electron chi connectivity index (χ1n) is 7.94. The van der Waals surface area contributed by atoms with Crippen LogP contribution in [0.15, 0.2) is 22.7 Å². The largest absolute Gasteiger partial charge is 0.341 e. The Kier molecular flexibility index (Phi) is 3.57. The zero-order chi connectivity index (χ0) is 15.8. The normalized spacial score (nSPS) is 19.0. The molecule has 3 aromatic rings. The first kappa shape index (κ1) is 14.3. The van der Waals surface area contributed by atoms with Gasteiger partial charge in [-0.2, -0.15) is 4.98 Å². The standard InChI is InChI=1S/C16H18FN5O/c1-2-14-20-16(21-23-14)12-7-4-8-22(12)9-13-18-11-6-3-5-10(17)15(11)19-13/h3,5-6,12H,2,4,7-9H2,1H3,(H,18,19). The SMILES string of the molecule is CCc1nc(C2CCCN2Cc2nc3c(F)cccc3[nH]2)no1. The van der Waals surface area contributed by atoms with Gasteiger partial charge < -0.3 is 9.51 Å². The fraction of sp³-hybridized carbons (Fsp3) is 0.438. The van der Waals surface area contributed by atoms with Crippen LogP contribution in [0.3, 0.4) is 0 Å². The molecule has 1 fully saturated rings. The van der Waals surface area contributed by atoms with Crippen LogP contribution in [0.1, 0.15) is 43.3 Å². The molecule has 1 aliphatic rings. The molecule has 7 heteroatoms. The van der Waals surface area contributed by atoms with Crippen molar-refractivity contribution >= 4 is 11.0 Å². The maximum absolute atomic E-state index is 13.8. The summed E-state index contributed by atoms with van der Waals surface area (Å²) >= 11 is 0. The number of benzene rings is 1. The van der Waals surface area contributed by atoms with Crippen LogP contribution in [0.25, 0.3) is 11.0 Å². The van der Waals surface area contributed by atoms with Crippen molar-refractivity contribution in [1.82, 2.24) is 25.0 Å². The van der Waals surface area contributed by atoms with Crippen LogP contribution in [-0.2, 0) is 13.0 Å². The number of hydrogen-bond donors (Lipinski definition) is 1. The summed E-state index contributed by atoms with van der Waals surface area (Å²) in [5.41, 5.74) is 1.12. The molecule has 23 heavy (non-hydrogen) atoms. The number of likely N-dealkylation sites (tertiary alicyclic amines) is 1. The Morgan fingerprint density at radius 2 is 2.30 bits per heavy atom. The molecule has 1 atom stereocenters. The van der Waals surface area contributed by atoms with Crippen LogP contribution in [0.5, 0.6) is 0 Å². The maximum atomic E-state index is 13.8. The van der Waals surface area contributed by atoms with Gasteiger partial charge in [0.2, 0.25) is 5.89 Å². The number of nitrogens with one attached hydrogen (secondary N) is 1. The minimum atomic E-state index is -0.297. The summed E-state index contributed by atoms with van der Waals surface area (Å²) in [7, 11) is 0. The Balaban J connectivity index is 1.57. The highest BCUT2D eigenvalue weighted by Crippen LogP contribution is 2.31. The number of aryl methyl sites for hydroxylation is 1. The molecule has 0 amide bonds. The monoisotopic (exact) mass is 315 g/mol. The lowest BCUT2D eigenvalue weighted by Gasteiger charge is -2.20. The number of para-hydroxylation sites is 1. The molecule has 0 radical (unpaired) electrons. The van der Waals surface area contributed by atoms with Gasteiger partial charge >= 0.3 is 0 Å². The van der Waals surface area contributed by atoms with Gasteiger partial charge in [0.25, 0.3) is 0 Å². The van der Waals surface area contributed by atoms with Crippen molar-refractivity contribution in [2.24, 2.45) is 0 Å². The number of fused-ring (bicyclic) bond motifs is 1. The summed E-state index contributed by atoms with van der Waals surface area (Å²) in [5.74, 6) is 1.87. The van der Waals surface area contributed by atoms with Crippen LogP contribution in [0.4, 0.5) is 4.39 Å². The molecular weight excluding hydrogens is 297 g/mol. The van der Waals surface area contributed by atoms with E-state index in [1.807, 2.05) is 13.0 Å². The molecule has 2 aromatic heterocycles. The van der Waals surface area contributed by atoms with Crippen LogP contribution < -0.4 is 0 Å². The van der Waals surface area contributed by atoms with Gasteiger partial charge in [0.05, 0.1) is 18.1 Å². The minimum Gasteiger partial charge on any atom is -0.341 e. The summed E-state index contributed by atoms with van der Waals surface area (Å²) in [5, 5.41) is 4.10. The molecular formula is C16H18FN5O. The third-order valence-electron chi connectivity index (χ3n) is 4.31. The highest BCUT2D eigenvalue weighted by Gasteiger charge is 2.30. The maximum Gasteiger partial charge on any atom is 0.226 e. The second-order valence-electron chi connectivity index (χ2n) is 5.85. The Morgan fingerprint density at radius 3 is 3.09 bits per heavy atom. The van der Waals surface area contributed by atoms with Crippen molar-refractivity contribution in [2.45, 2.75) is 38.8 Å². The number of imidazole rings is 1. The second kappa shape index (κ2) is 5.73. The van der Waals surface area contributed by atoms with Crippen molar-refractivity contribution in [3.05, 3.63) is 41.6 Å². The van der Waals surface area contributed by atoms with Gasteiger partial charge in [0.1, 0.15) is 11.3 Å². The molecule has 6 nitrogen and oxygen atoms in total. The van der Waals surface area contributed by atoms with E-state index in [9.17, 15) is 4.39 Å². The number of aromatic amines is 1. The third-order valence-corrected chi connectivity index (χ3v) is 4.31. The van der Waals surface area contributed by atoms with Crippen molar-refractivity contribution in [3.8, 4) is 0 Å². The second-order valence-corrected chi connectivity index (χ2v) is 5.85. The molecule has 1 saturated heterocycles. The van der Waals surface area contributed by atoms with Crippen molar-refractivity contribution < 1.29 is 8.91 Å². The average molecular weight is 315 g/mol. The van der Waals surface area contributed by atoms with E-state index in [4.69, 9.17) is 4.52 Å². The zero-order valence-electron chi connectivity index (χ0n) is 12.9. The summed E-state index contributed by atoms with van der Waals surface area (Å²) in [6, 6.07) is 5.08. The van der Waals surface area contributed by atoms with Crippen molar-refractivity contribution in [2.75, 3.05) is 6.54 Å². The van der Waals surface area contributed by atoms with Crippen LogP contribution >= 0.6 is 0 Å². The molecule has 0 bridgehead atoms. The van der Waals surface area contributed by atoms with Gasteiger partial charge in [0.15, 0.2) is 11.6 Å². The van der Waals surface area contributed by atoms with Crippen LogP contribution in [0, 0.1) is 5.82 Å². The third kappa shape index (κ3) is 2.61. The Morgan fingerprint density at radius 1 is 1.39 bits per heavy atom. The van der Waals surface area contributed by atoms with Gasteiger partial charge in [-0.05, 0) is 31.5 Å². The molecule has 1 aliphatic heterocycles. The summed E-state index contributed by atoms with van der Waals surface area (Å²) in [4.78, 5) is 14.3. The van der Waals surface area contributed by atoms with E-state index >= 15 is 0 Å². The lowest BCUT2D eigenvalue weighted by atomic mass is 10.2. The fourth-order valence-electron chi connectivity index (χ4n) is 3.17. The number of hydrogen-bond acceptors (Lipinski definition) is 5. The highest BCUT2D eigenvalue weighted by molar-refractivity contribution is 5.75. The molecule has 1 unspecified atom stereocenters. The van der Waals surface area contributed by atoms with Gasteiger partial charge in [-0.3, -0.25) is 4.90 Å². The number of aromatic nitrogens is 4. The van der Waals surface area contributed by atoms with Crippen molar-refractivity contribution in [3.63, 3.8) is 0 Å². The number of halogens is 1. The van der Waals surface area contributed by atoms with E-state index in [0.717, 1.165) is 43.0 Å². The quantitative estimate of drug-likeness (QED) is 0.801. The molecule has 3 heterocycles. The van der Waals surface area contributed by atoms with E-state index < -0.39 is 0 Å². The topological polar surface area (TPSA) is 70.8 Å². The molecule has 4 rings (SSSR count). The van der Waals surface area contributed by atoms with E-state index in [2.05, 4.69) is 25.0 Å². The highest BCUT2D eigenvalue weighted by atomic mass is 19.1. The number of rotatable bonds is 4. The lowest BCUT2D eigenvalue weighted by Crippen LogP contribution is -2.24. The van der Waals surface area contributed by atoms with Gasteiger partial charge in [-0.1, -0.05) is 18.1 Å². The minimum absolute atomic E-state index is 0.136. The van der Waals surface area contributed by atoms with Crippen LogP contribution in [0.2, 0.25) is 0 Å². The molecule has 1 aromatic carbocycles. The fourth-order valence-corrected chi connectivity index (χ4v) is 3.17. The average Bonchev–Trinajstić information content (AvgIpc) is 3.25. The molecule has 1 N–H and O–H groups in total. The lowest BCUT2D eigenvalue weighted by molar-refractivity contribution is 0.229. The Labute approximate surface area is 132 Å². The summed E-state index contributed by atoms with van der Waals surface area (Å²) < 4.78 is 19.0. The number of H-pyrrole nitrogens is 1. The molecule has 0 spiro atoms. The van der Waals surface area contributed by atoms with Crippen molar-refractivity contribution in [1.29, 1.82) is 0 Å². The predicted molar refractivity (Wildman–Crippen MR) is 82.1 cm³/mol. The van der Waals surface area contributed by atoms with E-state index in [1.165, 1.54) is 6.07 Å². The predicted octanol–water partition coefficient (Wildman–Crippen LogP) is 2.98. The van der Waals surface area contributed by atoms with Gasteiger partial charge in [-0.25, -0.2) is 9.37 Å². The van der Waals surface area contributed by atoms with Gasteiger partial charge in [-0.15, -0.1) is 0 Å². The zero-order valence-corrected chi connectivity index (χ0v) is 12.9. The molecule has 0 saturated carbocycles. The van der Waals surface area contributed by atoms with Crippen LogP contribution in [-0.4, -0.2) is 31.6 Å². The Hall–Kier alpha value is -2.28. The molecule has 120 valence electrons. The first-order valence-corrected chi connectivity index (χ1v) is 7.94. The van der Waals surface area contributed by atoms with E-state index in [-0.39, 0.29) is 11.9 Å². The van der Waals surface area contributed by atoms with Gasteiger partial charge in [0, 0.05) is 6.42 Å². The summed E-state index contributed by atoms with van der Waals surface area (Å²) in [6.45, 7) is 3.56. The van der Waals surface area contributed by atoms with E-state index in [0.29, 0.717) is 18.0 Å². The van der Waals surface area contributed by atoms with E-state index in [1.54, 1.807) is 6.07 Å². The Bertz CT molecular complexity index is 827.